The van der Waals surface area contributed by atoms with Crippen LogP contribution in [-0.2, 0) is 0 Å². The van der Waals surface area contributed by atoms with E-state index in [4.69, 9.17) is 12.2 Å². The first kappa shape index (κ1) is 11.2. The zero-order chi connectivity index (χ0) is 12.7. The molecule has 0 atom stereocenters. The molecule has 1 aliphatic heterocycles. The van der Waals surface area contributed by atoms with Gasteiger partial charge in [-0.25, -0.2) is 0 Å². The minimum Gasteiger partial charge on any atom is -0.360 e. The van der Waals surface area contributed by atoms with E-state index in [1.807, 2.05) is 0 Å². The molecule has 6 heteroatoms. The minimum absolute atomic E-state index is 0.347. The molecule has 0 spiro atoms. The Bertz CT molecular complexity index is 566. The minimum atomic E-state index is -0.361. The number of anilines is 1. The maximum absolute atomic E-state index is 11.5. The molecular formula is C12H11N3O2S. The molecule has 0 aromatic heterocycles. The van der Waals surface area contributed by atoms with Crippen molar-refractivity contribution in [1.29, 1.82) is 0 Å². The van der Waals surface area contributed by atoms with Gasteiger partial charge in [-0.15, -0.1) is 0 Å². The highest BCUT2D eigenvalue weighted by molar-refractivity contribution is 7.80. The molecule has 1 fully saturated rings. The van der Waals surface area contributed by atoms with Crippen LogP contribution >= 0.6 is 12.2 Å². The molecule has 3 rings (SSSR count). The van der Waals surface area contributed by atoms with Gasteiger partial charge in [-0.2, -0.15) is 0 Å². The second-order valence-corrected chi connectivity index (χ2v) is 4.82. The van der Waals surface area contributed by atoms with Crippen LogP contribution in [-0.4, -0.2) is 23.0 Å². The molecule has 18 heavy (non-hydrogen) atoms. The van der Waals surface area contributed by atoms with Crippen molar-refractivity contribution in [2.24, 2.45) is 0 Å². The van der Waals surface area contributed by atoms with Crippen molar-refractivity contribution in [3.05, 3.63) is 29.3 Å². The molecule has 1 aliphatic carbocycles. The molecule has 0 bridgehead atoms. The van der Waals surface area contributed by atoms with E-state index in [2.05, 4.69) is 16.0 Å². The largest absolute Gasteiger partial charge is 0.360 e. The van der Waals surface area contributed by atoms with Gasteiger partial charge in [-0.05, 0) is 43.3 Å². The van der Waals surface area contributed by atoms with E-state index < -0.39 is 0 Å². The predicted molar refractivity (Wildman–Crippen MR) is 70.6 cm³/mol. The van der Waals surface area contributed by atoms with Crippen LogP contribution in [0.5, 0.6) is 0 Å². The molecular weight excluding hydrogens is 250 g/mol. The summed E-state index contributed by atoms with van der Waals surface area (Å²) in [5, 5.41) is 8.94. The number of amides is 2. The van der Waals surface area contributed by atoms with Crippen LogP contribution in [0.2, 0.25) is 0 Å². The van der Waals surface area contributed by atoms with E-state index in [-0.39, 0.29) is 11.8 Å². The van der Waals surface area contributed by atoms with E-state index in [1.165, 1.54) is 0 Å². The Labute approximate surface area is 109 Å². The van der Waals surface area contributed by atoms with Gasteiger partial charge in [0.05, 0.1) is 11.1 Å². The van der Waals surface area contributed by atoms with Crippen molar-refractivity contribution in [3.63, 3.8) is 0 Å². The summed E-state index contributed by atoms with van der Waals surface area (Å²) in [6.45, 7) is 0. The maximum Gasteiger partial charge on any atom is 0.259 e. The molecule has 1 aromatic rings. The fraction of sp³-hybridized carbons (Fsp3) is 0.250. The SMILES string of the molecule is O=C1NC(=O)c2cc(NC(=S)NC3CC3)ccc21. The highest BCUT2D eigenvalue weighted by Gasteiger charge is 2.27. The first-order valence-electron chi connectivity index (χ1n) is 5.71. The highest BCUT2D eigenvalue weighted by atomic mass is 32.1. The third-order valence-electron chi connectivity index (χ3n) is 2.91. The van der Waals surface area contributed by atoms with Gasteiger partial charge in [-0.1, -0.05) is 0 Å². The summed E-state index contributed by atoms with van der Waals surface area (Å²) in [5.74, 6) is -0.708. The normalized spacial score (nSPS) is 17.1. The zero-order valence-corrected chi connectivity index (χ0v) is 10.3. The van der Waals surface area contributed by atoms with Gasteiger partial charge in [0.25, 0.3) is 11.8 Å². The standard InChI is InChI=1S/C12H11N3O2S/c16-10-8-4-3-7(5-9(8)11(17)15-10)14-12(18)13-6-1-2-6/h3-6H,1-2H2,(H2,13,14,18)(H,15,16,17). The molecule has 2 amide bonds. The van der Waals surface area contributed by atoms with Crippen LogP contribution in [0.4, 0.5) is 5.69 Å². The van der Waals surface area contributed by atoms with E-state index in [9.17, 15) is 9.59 Å². The monoisotopic (exact) mass is 261 g/mol. The van der Waals surface area contributed by atoms with Gasteiger partial charge in [0.2, 0.25) is 0 Å². The Hall–Kier alpha value is -1.95. The topological polar surface area (TPSA) is 70.2 Å². The second kappa shape index (κ2) is 4.06. The lowest BCUT2D eigenvalue weighted by atomic mass is 10.1. The van der Waals surface area contributed by atoms with E-state index in [0.29, 0.717) is 28.0 Å². The summed E-state index contributed by atoms with van der Waals surface area (Å²) in [7, 11) is 0. The van der Waals surface area contributed by atoms with Gasteiger partial charge in [-0.3, -0.25) is 14.9 Å². The van der Waals surface area contributed by atoms with Crippen molar-refractivity contribution in [2.45, 2.75) is 18.9 Å². The van der Waals surface area contributed by atoms with E-state index >= 15 is 0 Å². The smallest absolute Gasteiger partial charge is 0.259 e. The van der Waals surface area contributed by atoms with Crippen LogP contribution in [0.15, 0.2) is 18.2 Å². The summed E-state index contributed by atoms with van der Waals surface area (Å²) < 4.78 is 0. The number of nitrogens with one attached hydrogen (secondary N) is 3. The van der Waals surface area contributed by atoms with Crippen LogP contribution in [0, 0.1) is 0 Å². The number of thiocarbonyl (C=S) groups is 1. The van der Waals surface area contributed by atoms with Crippen LogP contribution < -0.4 is 16.0 Å². The van der Waals surface area contributed by atoms with Gasteiger partial charge in [0.1, 0.15) is 0 Å². The van der Waals surface area contributed by atoms with Crippen molar-refractivity contribution in [3.8, 4) is 0 Å². The number of carbonyl (C=O) groups is 2. The molecule has 1 heterocycles. The zero-order valence-electron chi connectivity index (χ0n) is 9.45. The summed E-state index contributed by atoms with van der Waals surface area (Å²) in [4.78, 5) is 22.9. The van der Waals surface area contributed by atoms with Crippen molar-refractivity contribution in [2.75, 3.05) is 5.32 Å². The quantitative estimate of drug-likeness (QED) is 0.548. The summed E-state index contributed by atoms with van der Waals surface area (Å²) in [6.07, 6.45) is 2.28. The summed E-state index contributed by atoms with van der Waals surface area (Å²) >= 11 is 5.14. The third kappa shape index (κ3) is 2.06. The number of fused-ring (bicyclic) bond motifs is 1. The first-order chi connectivity index (χ1) is 8.63. The van der Waals surface area contributed by atoms with Gasteiger partial charge in [0, 0.05) is 11.7 Å². The lowest BCUT2D eigenvalue weighted by molar-refractivity contribution is 0.0879. The van der Waals surface area contributed by atoms with Crippen molar-refractivity contribution >= 4 is 34.8 Å². The van der Waals surface area contributed by atoms with Gasteiger partial charge in [0.15, 0.2) is 5.11 Å². The molecule has 1 saturated carbocycles. The molecule has 0 unspecified atom stereocenters. The number of hydrogen-bond acceptors (Lipinski definition) is 3. The summed E-state index contributed by atoms with van der Waals surface area (Å²) in [6, 6.07) is 5.47. The van der Waals surface area contributed by atoms with Crippen LogP contribution in [0.25, 0.3) is 0 Å². The van der Waals surface area contributed by atoms with Crippen molar-refractivity contribution < 1.29 is 9.59 Å². The highest BCUT2D eigenvalue weighted by Crippen LogP contribution is 2.21. The first-order valence-corrected chi connectivity index (χ1v) is 6.11. The van der Waals surface area contributed by atoms with Crippen LogP contribution in [0.3, 0.4) is 0 Å². The Kier molecular flexibility index (Phi) is 2.52. The maximum atomic E-state index is 11.5. The van der Waals surface area contributed by atoms with E-state index in [0.717, 1.165) is 12.8 Å². The number of rotatable bonds is 2. The molecule has 2 aliphatic rings. The molecule has 92 valence electrons. The average molecular weight is 261 g/mol. The van der Waals surface area contributed by atoms with Crippen LogP contribution in [0.1, 0.15) is 33.6 Å². The van der Waals surface area contributed by atoms with Crippen molar-refractivity contribution in [1.82, 2.24) is 10.6 Å². The Morgan fingerprint density at radius 1 is 1.22 bits per heavy atom. The second-order valence-electron chi connectivity index (χ2n) is 4.42. The Balaban J connectivity index is 1.77. The number of benzene rings is 1. The number of hydrogen-bond donors (Lipinski definition) is 3. The lowest BCUT2D eigenvalue weighted by Gasteiger charge is -2.09. The molecule has 0 saturated heterocycles. The molecule has 5 nitrogen and oxygen atoms in total. The fourth-order valence-electron chi connectivity index (χ4n) is 1.83. The van der Waals surface area contributed by atoms with E-state index in [1.54, 1.807) is 18.2 Å². The number of imide groups is 1. The molecule has 0 radical (unpaired) electrons. The third-order valence-corrected chi connectivity index (χ3v) is 3.13. The van der Waals surface area contributed by atoms with Gasteiger partial charge >= 0.3 is 0 Å². The Morgan fingerprint density at radius 3 is 2.67 bits per heavy atom. The summed E-state index contributed by atoms with van der Waals surface area (Å²) in [5.41, 5.74) is 1.50. The predicted octanol–water partition coefficient (Wildman–Crippen LogP) is 1.02. The average Bonchev–Trinajstić information content (AvgIpc) is 3.07. The lowest BCUT2D eigenvalue weighted by Crippen LogP contribution is -2.30. The number of carbonyl (C=O) groups excluding carboxylic acids is 2. The Morgan fingerprint density at radius 2 is 1.94 bits per heavy atom. The fourth-order valence-corrected chi connectivity index (χ4v) is 2.11. The van der Waals surface area contributed by atoms with Gasteiger partial charge < -0.3 is 10.6 Å². The molecule has 1 aromatic carbocycles. The molecule has 3 N–H and O–H groups in total.